The first-order valence-electron chi connectivity index (χ1n) is 7.42. The molecule has 18 heavy (non-hydrogen) atoms. The van der Waals surface area contributed by atoms with Gasteiger partial charge in [0, 0.05) is 13.2 Å². The molecule has 0 unspecified atom stereocenters. The van der Waals surface area contributed by atoms with Gasteiger partial charge in [-0.3, -0.25) is 4.79 Å². The van der Waals surface area contributed by atoms with Gasteiger partial charge in [0.2, 0.25) is 5.91 Å². The lowest BCUT2D eigenvalue weighted by atomic mass is 9.93. The maximum atomic E-state index is 11.9. The highest BCUT2D eigenvalue weighted by atomic mass is 16.5. The van der Waals surface area contributed by atoms with Crippen molar-refractivity contribution in [3.63, 3.8) is 0 Å². The average molecular weight is 255 g/mol. The number of ether oxygens (including phenoxy) is 1. The summed E-state index contributed by atoms with van der Waals surface area (Å²) >= 11 is 0. The molecule has 0 atom stereocenters. The summed E-state index contributed by atoms with van der Waals surface area (Å²) in [6.45, 7) is 8.04. The summed E-state index contributed by atoms with van der Waals surface area (Å²) in [5.74, 6) is 0.965. The predicted molar refractivity (Wildman–Crippen MR) is 74.5 cm³/mol. The smallest absolute Gasteiger partial charge is 0.227 e. The third kappa shape index (κ3) is 5.38. The summed E-state index contributed by atoms with van der Waals surface area (Å²) in [7, 11) is 0. The molecular formula is C15H29NO2. The Hall–Kier alpha value is -0.570. The van der Waals surface area contributed by atoms with Gasteiger partial charge in [-0.05, 0) is 32.6 Å². The van der Waals surface area contributed by atoms with Crippen molar-refractivity contribution in [3.05, 3.63) is 0 Å². The minimum atomic E-state index is -0.412. The molecule has 1 amide bonds. The van der Waals surface area contributed by atoms with Gasteiger partial charge in [-0.25, -0.2) is 0 Å². The Morgan fingerprint density at radius 1 is 1.33 bits per heavy atom. The second kappa shape index (κ2) is 7.78. The van der Waals surface area contributed by atoms with Crippen molar-refractivity contribution in [2.45, 2.75) is 59.3 Å². The third-order valence-electron chi connectivity index (χ3n) is 3.76. The van der Waals surface area contributed by atoms with Crippen molar-refractivity contribution in [2.75, 3.05) is 19.8 Å². The summed E-state index contributed by atoms with van der Waals surface area (Å²) in [5.41, 5.74) is -0.412. The van der Waals surface area contributed by atoms with Crippen LogP contribution in [0.4, 0.5) is 0 Å². The van der Waals surface area contributed by atoms with Gasteiger partial charge in [-0.1, -0.05) is 32.6 Å². The van der Waals surface area contributed by atoms with Gasteiger partial charge in [0.15, 0.2) is 0 Å². The largest absolute Gasteiger partial charge is 0.380 e. The van der Waals surface area contributed by atoms with Crippen molar-refractivity contribution in [1.82, 2.24) is 5.32 Å². The van der Waals surface area contributed by atoms with Gasteiger partial charge in [0.1, 0.15) is 0 Å². The van der Waals surface area contributed by atoms with Crippen molar-refractivity contribution in [2.24, 2.45) is 11.3 Å². The molecule has 1 saturated carbocycles. The zero-order valence-electron chi connectivity index (χ0n) is 12.3. The molecule has 1 fully saturated rings. The van der Waals surface area contributed by atoms with Crippen LogP contribution in [-0.2, 0) is 9.53 Å². The highest BCUT2D eigenvalue weighted by Crippen LogP contribution is 2.27. The minimum absolute atomic E-state index is 0.102. The Morgan fingerprint density at radius 2 is 2.00 bits per heavy atom. The summed E-state index contributed by atoms with van der Waals surface area (Å²) in [4.78, 5) is 11.9. The quantitative estimate of drug-likeness (QED) is 0.677. The molecule has 0 aromatic rings. The molecule has 1 aliphatic carbocycles. The molecule has 0 radical (unpaired) electrons. The topological polar surface area (TPSA) is 38.3 Å². The van der Waals surface area contributed by atoms with E-state index in [9.17, 15) is 4.79 Å². The predicted octanol–water partition coefficient (Wildman–Crippen LogP) is 3.14. The Kier molecular flexibility index (Phi) is 6.69. The Labute approximate surface area is 112 Å². The van der Waals surface area contributed by atoms with Crippen molar-refractivity contribution < 1.29 is 9.53 Å². The average Bonchev–Trinajstić information content (AvgIpc) is 2.84. The number of carbonyl (C=O) groups is 1. The molecule has 0 aromatic heterocycles. The second-order valence-corrected chi connectivity index (χ2v) is 6.13. The highest BCUT2D eigenvalue weighted by molar-refractivity contribution is 5.81. The highest BCUT2D eigenvalue weighted by Gasteiger charge is 2.27. The maximum Gasteiger partial charge on any atom is 0.227 e. The summed E-state index contributed by atoms with van der Waals surface area (Å²) < 4.78 is 5.70. The number of amides is 1. The van der Waals surface area contributed by atoms with Crippen LogP contribution < -0.4 is 5.32 Å². The molecule has 0 aromatic carbocycles. The van der Waals surface area contributed by atoms with Crippen LogP contribution in [0.5, 0.6) is 0 Å². The van der Waals surface area contributed by atoms with Crippen LogP contribution in [0, 0.1) is 11.3 Å². The standard InChI is InChI=1S/C15H29NO2/c1-4-10-16-14(17)15(2,3)12-18-11-9-13-7-5-6-8-13/h13H,4-12H2,1-3H3,(H,16,17). The Bertz CT molecular complexity index is 245. The lowest BCUT2D eigenvalue weighted by Gasteiger charge is -2.23. The van der Waals surface area contributed by atoms with Gasteiger partial charge in [0.05, 0.1) is 12.0 Å². The summed E-state index contributed by atoms with van der Waals surface area (Å²) in [6, 6.07) is 0. The van der Waals surface area contributed by atoms with Crippen LogP contribution in [0.25, 0.3) is 0 Å². The van der Waals surface area contributed by atoms with E-state index in [1.165, 1.54) is 25.7 Å². The molecule has 3 heteroatoms. The molecule has 0 saturated heterocycles. The molecule has 106 valence electrons. The fraction of sp³-hybridized carbons (Fsp3) is 0.933. The summed E-state index contributed by atoms with van der Waals surface area (Å²) in [5, 5.41) is 2.94. The molecule has 1 rings (SSSR count). The normalized spacial score (nSPS) is 17.1. The molecule has 0 bridgehead atoms. The monoisotopic (exact) mass is 255 g/mol. The zero-order valence-corrected chi connectivity index (χ0v) is 12.3. The number of nitrogens with one attached hydrogen (secondary N) is 1. The number of rotatable bonds is 8. The molecule has 0 spiro atoms. The molecule has 3 nitrogen and oxygen atoms in total. The molecule has 1 N–H and O–H groups in total. The van der Waals surface area contributed by atoms with E-state index in [1.807, 2.05) is 13.8 Å². The van der Waals surface area contributed by atoms with Crippen LogP contribution in [0.15, 0.2) is 0 Å². The van der Waals surface area contributed by atoms with Crippen molar-refractivity contribution >= 4 is 5.91 Å². The van der Waals surface area contributed by atoms with Crippen LogP contribution in [0.3, 0.4) is 0 Å². The fourth-order valence-corrected chi connectivity index (χ4v) is 2.42. The van der Waals surface area contributed by atoms with Crippen molar-refractivity contribution in [1.29, 1.82) is 0 Å². The molecule has 1 aliphatic rings. The molecule has 0 heterocycles. The van der Waals surface area contributed by atoms with E-state index in [4.69, 9.17) is 4.74 Å². The molecular weight excluding hydrogens is 226 g/mol. The lowest BCUT2D eigenvalue weighted by molar-refractivity contribution is -0.132. The van der Waals surface area contributed by atoms with E-state index in [-0.39, 0.29) is 5.91 Å². The van der Waals surface area contributed by atoms with Gasteiger partial charge >= 0.3 is 0 Å². The zero-order chi connectivity index (χ0) is 13.4. The number of carbonyl (C=O) groups excluding carboxylic acids is 1. The van der Waals surface area contributed by atoms with E-state index in [0.29, 0.717) is 6.61 Å². The maximum absolute atomic E-state index is 11.9. The lowest BCUT2D eigenvalue weighted by Crippen LogP contribution is -2.40. The van der Waals surface area contributed by atoms with Crippen LogP contribution in [-0.4, -0.2) is 25.7 Å². The van der Waals surface area contributed by atoms with Crippen molar-refractivity contribution in [3.8, 4) is 0 Å². The second-order valence-electron chi connectivity index (χ2n) is 6.13. The first-order valence-corrected chi connectivity index (χ1v) is 7.42. The van der Waals surface area contributed by atoms with Crippen LogP contribution >= 0.6 is 0 Å². The number of hydrogen-bond acceptors (Lipinski definition) is 2. The fourth-order valence-electron chi connectivity index (χ4n) is 2.42. The van der Waals surface area contributed by atoms with E-state index in [2.05, 4.69) is 12.2 Å². The van der Waals surface area contributed by atoms with E-state index in [1.54, 1.807) is 0 Å². The first kappa shape index (κ1) is 15.5. The molecule has 0 aliphatic heterocycles. The van der Waals surface area contributed by atoms with Gasteiger partial charge in [0.25, 0.3) is 0 Å². The van der Waals surface area contributed by atoms with Crippen LogP contribution in [0.1, 0.15) is 59.3 Å². The first-order chi connectivity index (χ1) is 8.56. The van der Waals surface area contributed by atoms with Gasteiger partial charge < -0.3 is 10.1 Å². The summed E-state index contributed by atoms with van der Waals surface area (Å²) in [6.07, 6.45) is 7.63. The number of hydrogen-bond donors (Lipinski definition) is 1. The minimum Gasteiger partial charge on any atom is -0.380 e. The third-order valence-corrected chi connectivity index (χ3v) is 3.76. The van der Waals surface area contributed by atoms with E-state index >= 15 is 0 Å². The van der Waals surface area contributed by atoms with E-state index in [0.717, 1.165) is 31.9 Å². The Morgan fingerprint density at radius 3 is 2.61 bits per heavy atom. The van der Waals surface area contributed by atoms with Gasteiger partial charge in [-0.2, -0.15) is 0 Å². The van der Waals surface area contributed by atoms with Gasteiger partial charge in [-0.15, -0.1) is 0 Å². The van der Waals surface area contributed by atoms with Crippen LogP contribution in [0.2, 0.25) is 0 Å². The Balaban J connectivity index is 2.13. The SMILES string of the molecule is CCCNC(=O)C(C)(C)COCCC1CCCC1. The van der Waals surface area contributed by atoms with E-state index < -0.39 is 5.41 Å².